The summed E-state index contributed by atoms with van der Waals surface area (Å²) in [5, 5.41) is 13.3. The van der Waals surface area contributed by atoms with Crippen molar-refractivity contribution in [2.45, 2.75) is 25.7 Å². The lowest BCUT2D eigenvalue weighted by Gasteiger charge is -2.17. The molecule has 1 aromatic heterocycles. The van der Waals surface area contributed by atoms with Gasteiger partial charge in [0.25, 0.3) is 0 Å². The Morgan fingerprint density at radius 3 is 2.62 bits per heavy atom. The van der Waals surface area contributed by atoms with Crippen molar-refractivity contribution in [1.82, 2.24) is 0 Å². The van der Waals surface area contributed by atoms with Gasteiger partial charge in [-0.05, 0) is 34.2 Å². The van der Waals surface area contributed by atoms with Gasteiger partial charge in [-0.3, -0.25) is 0 Å². The lowest BCUT2D eigenvalue weighted by atomic mass is 9.88. The Bertz CT molecular complexity index is 540. The number of thiophene rings is 1. The predicted octanol–water partition coefficient (Wildman–Crippen LogP) is 3.56. The van der Waals surface area contributed by atoms with Crippen LogP contribution in [0.4, 0.5) is 0 Å². The molecule has 0 amide bonds. The molecule has 2 heteroatoms. The molecule has 1 aliphatic carbocycles. The van der Waals surface area contributed by atoms with E-state index in [0.717, 1.165) is 6.42 Å². The van der Waals surface area contributed by atoms with Crippen LogP contribution in [0.2, 0.25) is 0 Å². The molecule has 1 atom stereocenters. The van der Waals surface area contributed by atoms with Gasteiger partial charge < -0.3 is 5.11 Å². The first kappa shape index (κ1) is 10.3. The van der Waals surface area contributed by atoms with Crippen molar-refractivity contribution in [2.24, 2.45) is 5.41 Å². The summed E-state index contributed by atoms with van der Waals surface area (Å²) in [6, 6.07) is 8.49. The monoisotopic (exact) mass is 232 g/mol. The van der Waals surface area contributed by atoms with Crippen molar-refractivity contribution in [2.75, 3.05) is 6.61 Å². The highest BCUT2D eigenvalue weighted by molar-refractivity contribution is 7.17. The van der Waals surface area contributed by atoms with Gasteiger partial charge in [-0.25, -0.2) is 0 Å². The second kappa shape index (κ2) is 3.08. The van der Waals surface area contributed by atoms with Gasteiger partial charge >= 0.3 is 0 Å². The lowest BCUT2D eigenvalue weighted by Crippen LogP contribution is -2.18. The molecule has 1 N–H and O–H groups in total. The highest BCUT2D eigenvalue weighted by Crippen LogP contribution is 2.65. The molecule has 16 heavy (non-hydrogen) atoms. The first-order valence-corrected chi connectivity index (χ1v) is 6.56. The quantitative estimate of drug-likeness (QED) is 0.839. The summed E-state index contributed by atoms with van der Waals surface area (Å²) >= 11 is 1.79. The van der Waals surface area contributed by atoms with Gasteiger partial charge in [0.15, 0.2) is 0 Å². The molecule has 1 nitrogen and oxygen atoms in total. The summed E-state index contributed by atoms with van der Waals surface area (Å²) in [7, 11) is 0. The maximum absolute atomic E-state index is 9.73. The van der Waals surface area contributed by atoms with Crippen LogP contribution >= 0.6 is 11.3 Å². The number of aliphatic hydroxyl groups is 1. The molecule has 0 saturated heterocycles. The Labute approximate surface area is 99.7 Å². The van der Waals surface area contributed by atoms with Crippen molar-refractivity contribution in [3.8, 4) is 0 Å². The second-order valence-electron chi connectivity index (χ2n) is 5.45. The van der Waals surface area contributed by atoms with E-state index in [1.807, 2.05) is 0 Å². The number of hydrogen-bond acceptors (Lipinski definition) is 2. The first-order valence-electron chi connectivity index (χ1n) is 5.68. The van der Waals surface area contributed by atoms with Crippen LogP contribution in [0.3, 0.4) is 0 Å². The minimum Gasteiger partial charge on any atom is -0.395 e. The fourth-order valence-electron chi connectivity index (χ4n) is 2.87. The fraction of sp³-hybridized carbons (Fsp3) is 0.429. The molecule has 0 aliphatic heterocycles. The number of rotatable bonds is 2. The first-order chi connectivity index (χ1) is 7.61. The Kier molecular flexibility index (Phi) is 1.99. The average molecular weight is 232 g/mol. The Hall–Kier alpha value is -0.860. The highest BCUT2D eigenvalue weighted by atomic mass is 32.1. The van der Waals surface area contributed by atoms with Crippen molar-refractivity contribution < 1.29 is 5.11 Å². The molecule has 1 unspecified atom stereocenters. The Morgan fingerprint density at radius 1 is 1.31 bits per heavy atom. The van der Waals surface area contributed by atoms with Crippen molar-refractivity contribution >= 4 is 21.4 Å². The van der Waals surface area contributed by atoms with Gasteiger partial charge in [-0.1, -0.05) is 32.0 Å². The molecular weight excluding hydrogens is 216 g/mol. The van der Waals surface area contributed by atoms with Crippen molar-refractivity contribution in [3.63, 3.8) is 0 Å². The third-order valence-corrected chi connectivity index (χ3v) is 5.14. The normalized spacial score (nSPS) is 27.2. The number of benzene rings is 1. The zero-order valence-electron chi connectivity index (χ0n) is 9.66. The molecule has 1 fully saturated rings. The van der Waals surface area contributed by atoms with Crippen LogP contribution in [-0.2, 0) is 5.41 Å². The SMILES string of the molecule is CC1(C)CC1(CO)c1csc2ccccc12. The fourth-order valence-corrected chi connectivity index (χ4v) is 3.93. The minimum atomic E-state index is 0.00655. The summed E-state index contributed by atoms with van der Waals surface area (Å²) in [5.41, 5.74) is 1.60. The van der Waals surface area contributed by atoms with E-state index in [4.69, 9.17) is 0 Å². The van der Waals surface area contributed by atoms with E-state index < -0.39 is 0 Å². The van der Waals surface area contributed by atoms with E-state index in [2.05, 4.69) is 43.5 Å². The molecule has 0 bridgehead atoms. The minimum absolute atomic E-state index is 0.00655. The smallest absolute Gasteiger partial charge is 0.0533 e. The van der Waals surface area contributed by atoms with Crippen LogP contribution < -0.4 is 0 Å². The van der Waals surface area contributed by atoms with E-state index >= 15 is 0 Å². The summed E-state index contributed by atoms with van der Waals surface area (Å²) in [6.07, 6.45) is 1.09. The number of aliphatic hydroxyl groups excluding tert-OH is 1. The van der Waals surface area contributed by atoms with E-state index in [1.54, 1.807) is 11.3 Å². The molecule has 1 heterocycles. The van der Waals surface area contributed by atoms with Gasteiger partial charge in [0, 0.05) is 10.1 Å². The van der Waals surface area contributed by atoms with Crippen molar-refractivity contribution in [3.05, 3.63) is 35.2 Å². The summed E-state index contributed by atoms with van der Waals surface area (Å²) in [6.45, 7) is 4.76. The van der Waals surface area contributed by atoms with Crippen LogP contribution in [0.15, 0.2) is 29.6 Å². The van der Waals surface area contributed by atoms with Crippen LogP contribution in [-0.4, -0.2) is 11.7 Å². The van der Waals surface area contributed by atoms with Crippen molar-refractivity contribution in [1.29, 1.82) is 0 Å². The van der Waals surface area contributed by atoms with E-state index in [-0.39, 0.29) is 17.4 Å². The van der Waals surface area contributed by atoms with E-state index in [1.165, 1.54) is 15.6 Å². The van der Waals surface area contributed by atoms with E-state index in [9.17, 15) is 5.11 Å². The molecule has 1 aromatic carbocycles. The molecule has 1 saturated carbocycles. The zero-order valence-corrected chi connectivity index (χ0v) is 10.5. The summed E-state index contributed by atoms with van der Waals surface area (Å²) in [4.78, 5) is 0. The molecule has 0 spiro atoms. The number of hydrogen-bond donors (Lipinski definition) is 1. The van der Waals surface area contributed by atoms with Crippen LogP contribution in [0.5, 0.6) is 0 Å². The Morgan fingerprint density at radius 2 is 2.00 bits per heavy atom. The van der Waals surface area contributed by atoms with Crippen LogP contribution in [0.25, 0.3) is 10.1 Å². The molecule has 0 radical (unpaired) electrons. The average Bonchev–Trinajstić information content (AvgIpc) is 2.67. The van der Waals surface area contributed by atoms with Gasteiger partial charge in [0.2, 0.25) is 0 Å². The standard InChI is InChI=1S/C14H16OS/c1-13(2)8-14(13,9-15)11-7-16-12-6-4-3-5-10(11)12/h3-7,15H,8-9H2,1-2H3. The molecule has 84 valence electrons. The van der Waals surface area contributed by atoms with Crippen LogP contribution in [0.1, 0.15) is 25.8 Å². The second-order valence-corrected chi connectivity index (χ2v) is 6.36. The third kappa shape index (κ3) is 1.14. The largest absolute Gasteiger partial charge is 0.395 e. The maximum atomic E-state index is 9.73. The lowest BCUT2D eigenvalue weighted by molar-refractivity contribution is 0.232. The van der Waals surface area contributed by atoms with Gasteiger partial charge in [-0.15, -0.1) is 11.3 Å². The third-order valence-electron chi connectivity index (χ3n) is 4.18. The Balaban J connectivity index is 2.20. The highest BCUT2D eigenvalue weighted by Gasteiger charge is 2.62. The van der Waals surface area contributed by atoms with Gasteiger partial charge in [0.05, 0.1) is 6.61 Å². The van der Waals surface area contributed by atoms with Crippen LogP contribution in [0, 0.1) is 5.41 Å². The maximum Gasteiger partial charge on any atom is 0.0533 e. The molecule has 1 aliphatic rings. The number of fused-ring (bicyclic) bond motifs is 1. The molecular formula is C14H16OS. The predicted molar refractivity (Wildman–Crippen MR) is 69.0 cm³/mol. The summed E-state index contributed by atoms with van der Waals surface area (Å²) in [5.74, 6) is 0. The summed E-state index contributed by atoms with van der Waals surface area (Å²) < 4.78 is 1.33. The zero-order chi connectivity index (χ0) is 11.4. The van der Waals surface area contributed by atoms with Gasteiger partial charge in [0.1, 0.15) is 0 Å². The molecule has 2 aromatic rings. The topological polar surface area (TPSA) is 20.2 Å². The molecule has 3 rings (SSSR count). The van der Waals surface area contributed by atoms with Gasteiger partial charge in [-0.2, -0.15) is 0 Å². The van der Waals surface area contributed by atoms with E-state index in [0.29, 0.717) is 0 Å².